The fraction of sp³-hybridized carbons (Fsp3) is 0.588. The first-order valence-electron chi connectivity index (χ1n) is 7.89. The molecule has 3 nitrogen and oxygen atoms in total. The Hall–Kier alpha value is -1.58. The lowest BCUT2D eigenvalue weighted by Gasteiger charge is -2.39. The first kappa shape index (κ1) is 14.4. The van der Waals surface area contributed by atoms with Crippen LogP contribution < -0.4 is 4.90 Å². The van der Waals surface area contributed by atoms with Crippen LogP contribution >= 0.6 is 0 Å². The standard InChI is InChI=1S/C17H23FN2O/c1-17(8-4-5-9-17)16(21)20-12-10-19(11-13-20)15-7-3-2-6-14(15)18/h2-3,6-7H,4-5,8-13H2,1H3. The summed E-state index contributed by atoms with van der Waals surface area (Å²) in [5.74, 6) is 0.119. The number of carbonyl (C=O) groups is 1. The molecule has 4 heteroatoms. The molecule has 0 atom stereocenters. The molecule has 0 bridgehead atoms. The van der Waals surface area contributed by atoms with E-state index in [2.05, 4.69) is 6.92 Å². The van der Waals surface area contributed by atoms with Gasteiger partial charge >= 0.3 is 0 Å². The van der Waals surface area contributed by atoms with Crippen LogP contribution in [0.4, 0.5) is 10.1 Å². The first-order chi connectivity index (χ1) is 10.1. The van der Waals surface area contributed by atoms with Gasteiger partial charge in [-0.3, -0.25) is 4.79 Å². The summed E-state index contributed by atoms with van der Waals surface area (Å²) >= 11 is 0. The van der Waals surface area contributed by atoms with E-state index < -0.39 is 0 Å². The maximum atomic E-state index is 13.8. The zero-order valence-electron chi connectivity index (χ0n) is 12.6. The Labute approximate surface area is 125 Å². The Bertz CT molecular complexity index is 517. The first-order valence-corrected chi connectivity index (χ1v) is 7.89. The monoisotopic (exact) mass is 290 g/mol. The molecule has 2 fully saturated rings. The zero-order valence-corrected chi connectivity index (χ0v) is 12.6. The van der Waals surface area contributed by atoms with Gasteiger partial charge in [-0.15, -0.1) is 0 Å². The number of anilines is 1. The highest BCUT2D eigenvalue weighted by molar-refractivity contribution is 5.83. The number of piperazine rings is 1. The summed E-state index contributed by atoms with van der Waals surface area (Å²) in [6, 6.07) is 6.87. The molecule has 1 aliphatic carbocycles. The highest BCUT2D eigenvalue weighted by atomic mass is 19.1. The van der Waals surface area contributed by atoms with Crippen LogP contribution in [0.25, 0.3) is 0 Å². The number of halogens is 1. The van der Waals surface area contributed by atoms with E-state index in [-0.39, 0.29) is 11.2 Å². The number of para-hydroxylation sites is 1. The number of rotatable bonds is 2. The van der Waals surface area contributed by atoms with Crippen LogP contribution in [0.5, 0.6) is 0 Å². The molecule has 1 aromatic carbocycles. The fourth-order valence-electron chi connectivity index (χ4n) is 3.61. The van der Waals surface area contributed by atoms with Crippen molar-refractivity contribution in [3.05, 3.63) is 30.1 Å². The van der Waals surface area contributed by atoms with Crippen LogP contribution in [-0.2, 0) is 4.79 Å². The van der Waals surface area contributed by atoms with Gasteiger partial charge in [-0.05, 0) is 25.0 Å². The van der Waals surface area contributed by atoms with Gasteiger partial charge in [-0.25, -0.2) is 4.39 Å². The quantitative estimate of drug-likeness (QED) is 0.836. The summed E-state index contributed by atoms with van der Waals surface area (Å²) in [7, 11) is 0. The SMILES string of the molecule is CC1(C(=O)N2CCN(c3ccccc3F)CC2)CCCC1. The molecule has 0 aromatic heterocycles. The van der Waals surface area contributed by atoms with Crippen molar-refractivity contribution >= 4 is 11.6 Å². The van der Waals surface area contributed by atoms with Crippen LogP contribution in [0.1, 0.15) is 32.6 Å². The van der Waals surface area contributed by atoms with Gasteiger partial charge in [-0.2, -0.15) is 0 Å². The van der Waals surface area contributed by atoms with E-state index in [0.29, 0.717) is 37.8 Å². The van der Waals surface area contributed by atoms with Crippen LogP contribution in [-0.4, -0.2) is 37.0 Å². The number of carbonyl (C=O) groups excluding carboxylic acids is 1. The Morgan fingerprint density at radius 1 is 1.10 bits per heavy atom. The van der Waals surface area contributed by atoms with Crippen molar-refractivity contribution in [2.24, 2.45) is 5.41 Å². The van der Waals surface area contributed by atoms with E-state index in [0.717, 1.165) is 25.7 Å². The molecule has 21 heavy (non-hydrogen) atoms. The second-order valence-corrected chi connectivity index (χ2v) is 6.50. The third kappa shape index (κ3) is 2.76. The number of amides is 1. The number of hydrogen-bond acceptors (Lipinski definition) is 2. The fourth-order valence-corrected chi connectivity index (χ4v) is 3.61. The van der Waals surface area contributed by atoms with Gasteiger partial charge in [0.05, 0.1) is 5.69 Å². The minimum atomic E-state index is -0.181. The summed E-state index contributed by atoms with van der Waals surface area (Å²) in [4.78, 5) is 16.7. The maximum Gasteiger partial charge on any atom is 0.228 e. The van der Waals surface area contributed by atoms with Crippen molar-refractivity contribution in [3.8, 4) is 0 Å². The average molecular weight is 290 g/mol. The van der Waals surface area contributed by atoms with Crippen LogP contribution in [0.2, 0.25) is 0 Å². The molecular weight excluding hydrogens is 267 g/mol. The van der Waals surface area contributed by atoms with Gasteiger partial charge in [0, 0.05) is 31.6 Å². The van der Waals surface area contributed by atoms with Gasteiger partial charge in [0.15, 0.2) is 0 Å². The van der Waals surface area contributed by atoms with Crippen LogP contribution in [0, 0.1) is 11.2 Å². The maximum absolute atomic E-state index is 13.8. The van der Waals surface area contributed by atoms with Crippen molar-refractivity contribution in [2.75, 3.05) is 31.1 Å². The normalized spacial score (nSPS) is 21.6. The number of nitrogens with zero attached hydrogens (tertiary/aromatic N) is 2. The zero-order chi connectivity index (χ0) is 14.9. The van der Waals surface area contributed by atoms with E-state index in [1.165, 1.54) is 6.07 Å². The highest BCUT2D eigenvalue weighted by Gasteiger charge is 2.39. The Morgan fingerprint density at radius 3 is 2.33 bits per heavy atom. The molecular formula is C17H23FN2O. The lowest BCUT2D eigenvalue weighted by molar-refractivity contribution is -0.141. The van der Waals surface area contributed by atoms with Gasteiger partial charge in [0.25, 0.3) is 0 Å². The van der Waals surface area contributed by atoms with Crippen LogP contribution in [0.15, 0.2) is 24.3 Å². The molecule has 1 aliphatic heterocycles. The van der Waals surface area contributed by atoms with E-state index >= 15 is 0 Å². The lowest BCUT2D eigenvalue weighted by Crippen LogP contribution is -2.52. The largest absolute Gasteiger partial charge is 0.366 e. The third-order valence-electron chi connectivity index (χ3n) is 4.98. The minimum Gasteiger partial charge on any atom is -0.366 e. The molecule has 1 heterocycles. The predicted molar refractivity (Wildman–Crippen MR) is 81.8 cm³/mol. The molecule has 1 amide bonds. The topological polar surface area (TPSA) is 23.6 Å². The Kier molecular flexibility index (Phi) is 3.87. The summed E-state index contributed by atoms with van der Waals surface area (Å²) in [5.41, 5.74) is 0.497. The van der Waals surface area contributed by atoms with E-state index in [9.17, 15) is 9.18 Å². The molecule has 3 rings (SSSR count). The van der Waals surface area contributed by atoms with E-state index in [4.69, 9.17) is 0 Å². The second-order valence-electron chi connectivity index (χ2n) is 6.50. The third-order valence-corrected chi connectivity index (χ3v) is 4.98. The molecule has 0 N–H and O–H groups in total. The molecule has 1 saturated heterocycles. The lowest BCUT2D eigenvalue weighted by atomic mass is 9.87. The number of hydrogen-bond donors (Lipinski definition) is 0. The van der Waals surface area contributed by atoms with Crippen molar-refractivity contribution in [2.45, 2.75) is 32.6 Å². The summed E-state index contributed by atoms with van der Waals surface area (Å²) in [5, 5.41) is 0. The van der Waals surface area contributed by atoms with Crippen molar-refractivity contribution in [3.63, 3.8) is 0 Å². The summed E-state index contributed by atoms with van der Waals surface area (Å²) in [6.45, 7) is 4.92. The smallest absolute Gasteiger partial charge is 0.228 e. The van der Waals surface area contributed by atoms with Gasteiger partial charge in [-0.1, -0.05) is 31.9 Å². The Balaban J connectivity index is 1.63. The molecule has 0 radical (unpaired) electrons. The molecule has 0 unspecified atom stereocenters. The van der Waals surface area contributed by atoms with Gasteiger partial charge in [0.1, 0.15) is 5.82 Å². The van der Waals surface area contributed by atoms with Crippen molar-refractivity contribution in [1.29, 1.82) is 0 Å². The average Bonchev–Trinajstić information content (AvgIpc) is 2.95. The minimum absolute atomic E-state index is 0.153. The second kappa shape index (κ2) is 5.66. The molecule has 0 spiro atoms. The predicted octanol–water partition coefficient (Wildman–Crippen LogP) is 3.05. The van der Waals surface area contributed by atoms with Gasteiger partial charge < -0.3 is 9.80 Å². The van der Waals surface area contributed by atoms with E-state index in [1.54, 1.807) is 6.07 Å². The summed E-state index contributed by atoms with van der Waals surface area (Å²) < 4.78 is 13.8. The molecule has 114 valence electrons. The summed E-state index contributed by atoms with van der Waals surface area (Å²) in [6.07, 6.45) is 4.35. The molecule has 1 saturated carbocycles. The van der Waals surface area contributed by atoms with E-state index in [1.807, 2.05) is 21.9 Å². The number of benzene rings is 1. The van der Waals surface area contributed by atoms with Crippen LogP contribution in [0.3, 0.4) is 0 Å². The van der Waals surface area contributed by atoms with Crippen molar-refractivity contribution in [1.82, 2.24) is 4.90 Å². The van der Waals surface area contributed by atoms with Gasteiger partial charge in [0.2, 0.25) is 5.91 Å². The Morgan fingerprint density at radius 2 is 1.71 bits per heavy atom. The van der Waals surface area contributed by atoms with Crippen molar-refractivity contribution < 1.29 is 9.18 Å². The molecule has 2 aliphatic rings. The molecule has 1 aromatic rings. The highest BCUT2D eigenvalue weighted by Crippen LogP contribution is 2.39.